The fraction of sp³-hybridized carbons (Fsp3) is 0.733. The van der Waals surface area contributed by atoms with Gasteiger partial charge in [0.25, 0.3) is 0 Å². The Morgan fingerprint density at radius 1 is 1.15 bits per heavy atom. The number of carbonyl (C=O) groups excluding carboxylic acids is 2. The van der Waals surface area contributed by atoms with Crippen LogP contribution in [0.4, 0.5) is 0 Å². The first-order chi connectivity index (χ1) is 9.16. The summed E-state index contributed by atoms with van der Waals surface area (Å²) in [5.74, 6) is -1.35. The summed E-state index contributed by atoms with van der Waals surface area (Å²) < 4.78 is 9.58. The van der Waals surface area contributed by atoms with Crippen molar-refractivity contribution in [1.82, 2.24) is 0 Å². The van der Waals surface area contributed by atoms with Crippen LogP contribution in [0.5, 0.6) is 0 Å². The fourth-order valence-corrected chi connectivity index (χ4v) is 3.25. The van der Waals surface area contributed by atoms with Crippen molar-refractivity contribution in [3.63, 3.8) is 0 Å². The molecule has 0 amide bonds. The lowest BCUT2D eigenvalue weighted by molar-refractivity contribution is -0.180. The molecule has 1 fully saturated rings. The average molecular weight is 284 g/mol. The number of hydrogen-bond donors (Lipinski definition) is 1. The number of aliphatic hydroxyl groups is 1. The summed E-state index contributed by atoms with van der Waals surface area (Å²) in [6.45, 7) is 5.53. The maximum absolute atomic E-state index is 12.2. The van der Waals surface area contributed by atoms with Gasteiger partial charge in [-0.2, -0.15) is 0 Å². The van der Waals surface area contributed by atoms with E-state index in [1.54, 1.807) is 6.92 Å². The zero-order valence-corrected chi connectivity index (χ0v) is 12.9. The van der Waals surface area contributed by atoms with Crippen molar-refractivity contribution in [3.8, 4) is 0 Å². The van der Waals surface area contributed by atoms with E-state index in [1.807, 2.05) is 19.9 Å². The number of methoxy groups -OCH3 is 2. The van der Waals surface area contributed by atoms with E-state index in [0.29, 0.717) is 12.8 Å². The van der Waals surface area contributed by atoms with E-state index >= 15 is 0 Å². The molecular formula is C15H24O5. The molecule has 0 bridgehead atoms. The highest BCUT2D eigenvalue weighted by Gasteiger charge is 2.56. The minimum absolute atomic E-state index is 0.0203. The highest BCUT2D eigenvalue weighted by molar-refractivity contribution is 6.00. The molecule has 20 heavy (non-hydrogen) atoms. The molecule has 0 aliphatic heterocycles. The van der Waals surface area contributed by atoms with Crippen LogP contribution in [0.1, 0.15) is 40.0 Å². The van der Waals surface area contributed by atoms with Crippen LogP contribution in [0.25, 0.3) is 0 Å². The maximum Gasteiger partial charge on any atom is 0.323 e. The normalized spacial score (nSPS) is 28.4. The number of esters is 2. The molecule has 114 valence electrons. The molecule has 1 aliphatic rings. The van der Waals surface area contributed by atoms with E-state index in [0.717, 1.165) is 5.57 Å². The molecule has 5 nitrogen and oxygen atoms in total. The monoisotopic (exact) mass is 284 g/mol. The Kier molecular flexibility index (Phi) is 4.97. The smallest absolute Gasteiger partial charge is 0.323 e. The molecule has 0 radical (unpaired) electrons. The van der Waals surface area contributed by atoms with Crippen molar-refractivity contribution >= 4 is 11.9 Å². The standard InChI is InChI=1S/C15H24O5/c1-10(2)6-11-7-14(3,18)9-15(8-11,12(16)19-4)13(17)20-5/h6,11,18H,7-9H2,1-5H3/t11-,14-/m0/s1. The number of allylic oxidation sites excluding steroid dienone is 2. The first-order valence-electron chi connectivity index (χ1n) is 6.71. The summed E-state index contributed by atoms with van der Waals surface area (Å²) in [5.41, 5.74) is -1.46. The van der Waals surface area contributed by atoms with Gasteiger partial charge in [0, 0.05) is 6.42 Å². The number of ether oxygens (including phenoxy) is 2. The topological polar surface area (TPSA) is 72.8 Å². The van der Waals surface area contributed by atoms with Crippen molar-refractivity contribution in [2.45, 2.75) is 45.6 Å². The summed E-state index contributed by atoms with van der Waals surface area (Å²) >= 11 is 0. The summed E-state index contributed by atoms with van der Waals surface area (Å²) in [6.07, 6.45) is 2.81. The molecular weight excluding hydrogens is 260 g/mol. The first-order valence-corrected chi connectivity index (χ1v) is 6.71. The van der Waals surface area contributed by atoms with Crippen LogP contribution >= 0.6 is 0 Å². The third kappa shape index (κ3) is 3.39. The van der Waals surface area contributed by atoms with Gasteiger partial charge in [0.2, 0.25) is 0 Å². The maximum atomic E-state index is 12.2. The Morgan fingerprint density at radius 2 is 1.65 bits per heavy atom. The summed E-state index contributed by atoms with van der Waals surface area (Å²) in [7, 11) is 2.48. The van der Waals surface area contributed by atoms with Gasteiger partial charge in [-0.15, -0.1) is 0 Å². The molecule has 0 aromatic heterocycles. The van der Waals surface area contributed by atoms with Gasteiger partial charge in [0.1, 0.15) is 0 Å². The van der Waals surface area contributed by atoms with Crippen molar-refractivity contribution in [1.29, 1.82) is 0 Å². The molecule has 2 atom stereocenters. The third-order valence-electron chi connectivity index (χ3n) is 3.72. The SMILES string of the molecule is COC(=O)C1(C(=O)OC)C[C@@H](C=C(C)C)C[C@](C)(O)C1. The van der Waals surface area contributed by atoms with Crippen molar-refractivity contribution < 1.29 is 24.2 Å². The van der Waals surface area contributed by atoms with Crippen LogP contribution < -0.4 is 0 Å². The van der Waals surface area contributed by atoms with Crippen LogP contribution in [0.2, 0.25) is 0 Å². The van der Waals surface area contributed by atoms with Crippen molar-refractivity contribution in [3.05, 3.63) is 11.6 Å². The highest BCUT2D eigenvalue weighted by atomic mass is 16.5. The van der Waals surface area contributed by atoms with Crippen molar-refractivity contribution in [2.24, 2.45) is 11.3 Å². The Balaban J connectivity index is 3.24. The van der Waals surface area contributed by atoms with Crippen LogP contribution in [0, 0.1) is 11.3 Å². The van der Waals surface area contributed by atoms with Gasteiger partial charge in [0.15, 0.2) is 5.41 Å². The number of rotatable bonds is 3. The van der Waals surface area contributed by atoms with Gasteiger partial charge >= 0.3 is 11.9 Å². The Hall–Kier alpha value is -1.36. The second kappa shape index (κ2) is 5.95. The fourth-order valence-electron chi connectivity index (χ4n) is 3.25. The van der Waals surface area contributed by atoms with Gasteiger partial charge in [-0.3, -0.25) is 9.59 Å². The Bertz CT molecular complexity index is 402. The first kappa shape index (κ1) is 16.7. The lowest BCUT2D eigenvalue weighted by Gasteiger charge is -2.43. The number of carbonyl (C=O) groups is 2. The molecule has 0 unspecified atom stereocenters. The molecule has 0 heterocycles. The van der Waals surface area contributed by atoms with E-state index in [9.17, 15) is 14.7 Å². The highest BCUT2D eigenvalue weighted by Crippen LogP contribution is 2.46. The van der Waals surface area contributed by atoms with E-state index in [-0.39, 0.29) is 12.3 Å². The Labute approximate surface area is 119 Å². The van der Waals surface area contributed by atoms with Gasteiger partial charge in [-0.05, 0) is 39.5 Å². The molecule has 0 spiro atoms. The zero-order chi connectivity index (χ0) is 15.6. The minimum atomic E-state index is -1.43. The van der Waals surface area contributed by atoms with Gasteiger partial charge in [0.05, 0.1) is 19.8 Å². The average Bonchev–Trinajstić information content (AvgIpc) is 2.33. The predicted octanol–water partition coefficient (Wildman–Crippen LogP) is 1.84. The molecule has 1 N–H and O–H groups in total. The minimum Gasteiger partial charge on any atom is -0.468 e. The van der Waals surface area contributed by atoms with Crippen LogP contribution in [0.15, 0.2) is 11.6 Å². The van der Waals surface area contributed by atoms with Gasteiger partial charge < -0.3 is 14.6 Å². The largest absolute Gasteiger partial charge is 0.468 e. The Morgan fingerprint density at radius 3 is 2.05 bits per heavy atom. The summed E-state index contributed by atoms with van der Waals surface area (Å²) in [5, 5.41) is 10.4. The van der Waals surface area contributed by atoms with Crippen LogP contribution in [-0.4, -0.2) is 36.9 Å². The lowest BCUT2D eigenvalue weighted by Crippen LogP contribution is -2.52. The molecule has 1 rings (SSSR count). The molecule has 0 saturated heterocycles. The van der Waals surface area contributed by atoms with Crippen LogP contribution in [0.3, 0.4) is 0 Å². The third-order valence-corrected chi connectivity index (χ3v) is 3.72. The second-order valence-electron chi connectivity index (χ2n) is 6.15. The number of hydrogen-bond acceptors (Lipinski definition) is 5. The second-order valence-corrected chi connectivity index (χ2v) is 6.15. The molecule has 0 aromatic rings. The predicted molar refractivity (Wildman–Crippen MR) is 73.9 cm³/mol. The molecule has 1 saturated carbocycles. The summed E-state index contributed by atoms with van der Waals surface area (Å²) in [4.78, 5) is 24.3. The van der Waals surface area contributed by atoms with Crippen LogP contribution in [-0.2, 0) is 19.1 Å². The van der Waals surface area contributed by atoms with E-state index in [2.05, 4.69) is 0 Å². The van der Waals surface area contributed by atoms with E-state index in [4.69, 9.17) is 9.47 Å². The van der Waals surface area contributed by atoms with Crippen molar-refractivity contribution in [2.75, 3.05) is 14.2 Å². The van der Waals surface area contributed by atoms with E-state index < -0.39 is 23.0 Å². The molecule has 0 aromatic carbocycles. The molecule has 1 aliphatic carbocycles. The van der Waals surface area contributed by atoms with E-state index in [1.165, 1.54) is 14.2 Å². The molecule has 5 heteroatoms. The zero-order valence-electron chi connectivity index (χ0n) is 12.9. The van der Waals surface area contributed by atoms with Gasteiger partial charge in [-0.25, -0.2) is 0 Å². The lowest BCUT2D eigenvalue weighted by atomic mass is 9.63. The quantitative estimate of drug-likeness (QED) is 0.486. The van der Waals surface area contributed by atoms with Gasteiger partial charge in [-0.1, -0.05) is 11.6 Å². The summed E-state index contributed by atoms with van der Waals surface area (Å²) in [6, 6.07) is 0.